The maximum absolute atomic E-state index is 10.5. The summed E-state index contributed by atoms with van der Waals surface area (Å²) in [6.45, 7) is 0. The van der Waals surface area contributed by atoms with Crippen LogP contribution >= 0.6 is 0 Å². The summed E-state index contributed by atoms with van der Waals surface area (Å²) in [7, 11) is 0. The molecule has 2 heterocycles. The number of aromatic nitrogens is 3. The molecule has 4 nitrogen and oxygen atoms in total. The minimum Gasteiger partial charge on any atom is -0.506 e. The van der Waals surface area contributed by atoms with E-state index in [4.69, 9.17) is 4.98 Å². The SMILES string of the molecule is Oc1ccc(-c2cccc3cc4c(-c5ccccc5-c5nc6ccccc6n5C5=CC=CC=CC5)cccc4cc23)c2cccnc12. The number of fused-ring (bicyclic) bond motifs is 4. The standard InChI is InChI=1S/C43H29N3O/c47-41-24-23-34(35-20-11-25-44-42(35)41)33-19-10-13-29-26-37-28(27-38(29)33)12-9-18-32(37)31-16-5-6-17-36(31)43-45-39-21-7-8-22-40(39)46(43)30-14-3-1-2-4-15-30/h1-14,16-27,47H,15H2. The fourth-order valence-electron chi connectivity index (χ4n) is 7.06. The first-order valence-corrected chi connectivity index (χ1v) is 15.9. The summed E-state index contributed by atoms with van der Waals surface area (Å²) in [6.07, 6.45) is 13.2. The molecular formula is C43H29N3O. The molecule has 9 rings (SSSR count). The van der Waals surface area contributed by atoms with Crippen molar-refractivity contribution in [1.29, 1.82) is 0 Å². The molecule has 1 aliphatic rings. The number of phenolic OH excluding ortho intramolecular Hbond substituents is 1. The predicted molar refractivity (Wildman–Crippen MR) is 195 cm³/mol. The predicted octanol–water partition coefficient (Wildman–Crippen LogP) is 11.0. The number of hydrogen-bond acceptors (Lipinski definition) is 3. The van der Waals surface area contributed by atoms with Crippen molar-refractivity contribution in [3.63, 3.8) is 0 Å². The Morgan fingerprint density at radius 3 is 2.11 bits per heavy atom. The quantitative estimate of drug-likeness (QED) is 0.204. The Hall–Kier alpha value is -6.26. The molecule has 1 N–H and O–H groups in total. The van der Waals surface area contributed by atoms with Crippen LogP contribution in [0.15, 0.2) is 158 Å². The van der Waals surface area contributed by atoms with Crippen molar-refractivity contribution in [2.75, 3.05) is 0 Å². The lowest BCUT2D eigenvalue weighted by Crippen LogP contribution is -2.00. The van der Waals surface area contributed by atoms with Gasteiger partial charge >= 0.3 is 0 Å². The number of aromatic hydroxyl groups is 1. The molecule has 0 amide bonds. The molecule has 0 fully saturated rings. The number of allylic oxidation sites excluding steroid dienone is 6. The number of nitrogens with zero attached hydrogens (tertiary/aromatic N) is 3. The van der Waals surface area contributed by atoms with Gasteiger partial charge in [0, 0.05) is 29.3 Å². The van der Waals surface area contributed by atoms with Gasteiger partial charge in [0.05, 0.1) is 11.0 Å². The number of phenols is 1. The van der Waals surface area contributed by atoms with Crippen molar-refractivity contribution in [2.45, 2.75) is 6.42 Å². The van der Waals surface area contributed by atoms with Crippen LogP contribution in [0.2, 0.25) is 0 Å². The number of hydrogen-bond donors (Lipinski definition) is 1. The van der Waals surface area contributed by atoms with Gasteiger partial charge in [-0.3, -0.25) is 9.55 Å². The molecule has 8 aromatic rings. The summed E-state index contributed by atoms with van der Waals surface area (Å²) in [6, 6.07) is 42.3. The van der Waals surface area contributed by atoms with Crippen molar-refractivity contribution in [3.05, 3.63) is 158 Å². The average Bonchev–Trinajstić information content (AvgIpc) is 3.29. The minimum atomic E-state index is 0.190. The van der Waals surface area contributed by atoms with Crippen LogP contribution in [0.1, 0.15) is 6.42 Å². The van der Waals surface area contributed by atoms with Gasteiger partial charge in [0.15, 0.2) is 0 Å². The lowest BCUT2D eigenvalue weighted by Gasteiger charge is -2.17. The zero-order valence-electron chi connectivity index (χ0n) is 25.5. The van der Waals surface area contributed by atoms with E-state index in [1.54, 1.807) is 12.3 Å². The molecule has 4 heteroatoms. The van der Waals surface area contributed by atoms with Gasteiger partial charge in [0.1, 0.15) is 17.1 Å². The topological polar surface area (TPSA) is 50.9 Å². The molecule has 0 atom stereocenters. The third-order valence-electron chi connectivity index (χ3n) is 9.20. The van der Waals surface area contributed by atoms with Crippen LogP contribution < -0.4 is 0 Å². The summed E-state index contributed by atoms with van der Waals surface area (Å²) >= 11 is 0. The second-order valence-electron chi connectivity index (χ2n) is 11.9. The highest BCUT2D eigenvalue weighted by Gasteiger charge is 2.20. The van der Waals surface area contributed by atoms with E-state index in [0.29, 0.717) is 5.52 Å². The van der Waals surface area contributed by atoms with Gasteiger partial charge in [-0.1, -0.05) is 103 Å². The summed E-state index contributed by atoms with van der Waals surface area (Å²) in [4.78, 5) is 9.69. The van der Waals surface area contributed by atoms with Crippen molar-refractivity contribution in [3.8, 4) is 39.4 Å². The molecule has 47 heavy (non-hydrogen) atoms. The van der Waals surface area contributed by atoms with Crippen LogP contribution in [-0.2, 0) is 0 Å². The van der Waals surface area contributed by atoms with E-state index in [2.05, 4.69) is 137 Å². The molecule has 0 spiro atoms. The van der Waals surface area contributed by atoms with Crippen LogP contribution in [0.25, 0.3) is 82.8 Å². The minimum absolute atomic E-state index is 0.190. The van der Waals surface area contributed by atoms with E-state index in [1.807, 2.05) is 18.2 Å². The van der Waals surface area contributed by atoms with Crippen molar-refractivity contribution < 1.29 is 5.11 Å². The van der Waals surface area contributed by atoms with Gasteiger partial charge in [-0.25, -0.2) is 4.98 Å². The van der Waals surface area contributed by atoms with Gasteiger partial charge < -0.3 is 5.11 Å². The summed E-state index contributed by atoms with van der Waals surface area (Å²) in [5, 5.41) is 16.1. The number of para-hydroxylation sites is 2. The van der Waals surface area contributed by atoms with Crippen LogP contribution in [0.5, 0.6) is 5.75 Å². The Labute approximate surface area is 271 Å². The average molecular weight is 604 g/mol. The zero-order chi connectivity index (χ0) is 31.3. The maximum atomic E-state index is 10.5. The summed E-state index contributed by atoms with van der Waals surface area (Å²) in [5.74, 6) is 1.12. The Morgan fingerprint density at radius 1 is 0.574 bits per heavy atom. The molecule has 0 saturated heterocycles. The van der Waals surface area contributed by atoms with Gasteiger partial charge in [0.25, 0.3) is 0 Å². The van der Waals surface area contributed by atoms with Crippen molar-refractivity contribution in [1.82, 2.24) is 14.5 Å². The van der Waals surface area contributed by atoms with E-state index in [-0.39, 0.29) is 5.75 Å². The smallest absolute Gasteiger partial charge is 0.146 e. The fraction of sp³-hybridized carbons (Fsp3) is 0.0233. The molecule has 2 aromatic heterocycles. The molecule has 0 unspecified atom stereocenters. The monoisotopic (exact) mass is 603 g/mol. The molecule has 0 aliphatic heterocycles. The number of benzene rings is 6. The lowest BCUT2D eigenvalue weighted by atomic mass is 9.90. The first kappa shape index (κ1) is 27.1. The number of rotatable bonds is 4. The van der Waals surface area contributed by atoms with E-state index < -0.39 is 0 Å². The number of pyridine rings is 1. The second kappa shape index (κ2) is 11.0. The third kappa shape index (κ3) is 4.45. The van der Waals surface area contributed by atoms with Crippen molar-refractivity contribution in [2.24, 2.45) is 0 Å². The van der Waals surface area contributed by atoms with Crippen LogP contribution in [0.3, 0.4) is 0 Å². The van der Waals surface area contributed by atoms with Gasteiger partial charge in [0.2, 0.25) is 0 Å². The Bertz CT molecular complexity index is 2620. The van der Waals surface area contributed by atoms with Crippen LogP contribution in [0.4, 0.5) is 0 Å². The van der Waals surface area contributed by atoms with Gasteiger partial charge in [-0.15, -0.1) is 0 Å². The fourth-order valence-corrected chi connectivity index (χ4v) is 7.06. The largest absolute Gasteiger partial charge is 0.506 e. The second-order valence-corrected chi connectivity index (χ2v) is 11.9. The zero-order valence-corrected chi connectivity index (χ0v) is 25.5. The molecule has 6 aromatic carbocycles. The van der Waals surface area contributed by atoms with Gasteiger partial charge in [-0.2, -0.15) is 0 Å². The first-order chi connectivity index (χ1) is 23.2. The Kier molecular flexibility index (Phi) is 6.32. The molecule has 1 aliphatic carbocycles. The Morgan fingerprint density at radius 2 is 1.28 bits per heavy atom. The third-order valence-corrected chi connectivity index (χ3v) is 9.20. The Balaban J connectivity index is 1.26. The highest BCUT2D eigenvalue weighted by molar-refractivity contribution is 6.12. The van der Waals surface area contributed by atoms with E-state index >= 15 is 0 Å². The number of imidazole rings is 1. The molecule has 222 valence electrons. The van der Waals surface area contributed by atoms with E-state index in [1.165, 1.54) is 11.1 Å². The molecule has 0 radical (unpaired) electrons. The molecular weight excluding hydrogens is 574 g/mol. The first-order valence-electron chi connectivity index (χ1n) is 15.9. The van der Waals surface area contributed by atoms with E-state index in [0.717, 1.165) is 72.6 Å². The summed E-state index contributed by atoms with van der Waals surface area (Å²) in [5.41, 5.74) is 9.42. The molecule has 0 saturated carbocycles. The maximum Gasteiger partial charge on any atom is 0.146 e. The van der Waals surface area contributed by atoms with Crippen molar-refractivity contribution >= 4 is 49.2 Å². The van der Waals surface area contributed by atoms with Gasteiger partial charge in [-0.05, 0) is 92.3 Å². The highest BCUT2D eigenvalue weighted by Crippen LogP contribution is 2.42. The van der Waals surface area contributed by atoms with Crippen LogP contribution in [0, 0.1) is 0 Å². The normalized spacial score (nSPS) is 13.1. The van der Waals surface area contributed by atoms with E-state index in [9.17, 15) is 5.11 Å². The lowest BCUT2D eigenvalue weighted by molar-refractivity contribution is 0.480. The highest BCUT2D eigenvalue weighted by atomic mass is 16.3. The molecule has 0 bridgehead atoms. The van der Waals surface area contributed by atoms with Crippen LogP contribution in [-0.4, -0.2) is 19.6 Å². The summed E-state index contributed by atoms with van der Waals surface area (Å²) < 4.78 is 2.32.